The van der Waals surface area contributed by atoms with E-state index in [4.69, 9.17) is 14.2 Å². The van der Waals surface area contributed by atoms with Gasteiger partial charge in [0, 0.05) is 12.8 Å². The Morgan fingerprint density at radius 3 is 2.33 bits per heavy atom. The summed E-state index contributed by atoms with van der Waals surface area (Å²) in [6.07, 6.45) is 3.04. The summed E-state index contributed by atoms with van der Waals surface area (Å²) < 4.78 is 18.0. The summed E-state index contributed by atoms with van der Waals surface area (Å²) in [5, 5.41) is 8.14. The SMILES string of the molecule is CCOC(=O)c1nnn(Cc2ccc(OC)cc2)c1Oc1ccc(C2CCC(=O)CC2)cc1. The van der Waals surface area contributed by atoms with Crippen molar-refractivity contribution >= 4 is 11.8 Å². The minimum atomic E-state index is -0.586. The summed E-state index contributed by atoms with van der Waals surface area (Å²) in [7, 11) is 1.61. The van der Waals surface area contributed by atoms with Crippen molar-refractivity contribution in [1.29, 1.82) is 0 Å². The molecule has 1 aliphatic carbocycles. The number of hydrogen-bond donors (Lipinski definition) is 0. The number of nitrogens with zero attached hydrogens (tertiary/aromatic N) is 3. The Morgan fingerprint density at radius 2 is 1.70 bits per heavy atom. The summed E-state index contributed by atoms with van der Waals surface area (Å²) in [6, 6.07) is 15.3. The lowest BCUT2D eigenvalue weighted by Gasteiger charge is -2.21. The fourth-order valence-corrected chi connectivity index (χ4v) is 3.93. The fraction of sp³-hybridized carbons (Fsp3) is 0.360. The Morgan fingerprint density at radius 1 is 1.03 bits per heavy atom. The second kappa shape index (κ2) is 10.3. The molecule has 2 aromatic carbocycles. The monoisotopic (exact) mass is 449 g/mol. The third-order valence-corrected chi connectivity index (χ3v) is 5.76. The topological polar surface area (TPSA) is 92.5 Å². The molecule has 0 aliphatic heterocycles. The molecule has 0 atom stereocenters. The van der Waals surface area contributed by atoms with Gasteiger partial charge in [-0.1, -0.05) is 29.5 Å². The number of carbonyl (C=O) groups excluding carboxylic acids is 2. The number of aromatic nitrogens is 3. The number of ether oxygens (including phenoxy) is 3. The van der Waals surface area contributed by atoms with Crippen LogP contribution >= 0.6 is 0 Å². The van der Waals surface area contributed by atoms with Gasteiger partial charge in [0.15, 0.2) is 0 Å². The summed E-state index contributed by atoms with van der Waals surface area (Å²) >= 11 is 0. The van der Waals surface area contributed by atoms with Gasteiger partial charge in [0.2, 0.25) is 5.69 Å². The molecule has 8 heteroatoms. The van der Waals surface area contributed by atoms with Crippen molar-refractivity contribution < 1.29 is 23.8 Å². The van der Waals surface area contributed by atoms with Gasteiger partial charge >= 0.3 is 5.97 Å². The maximum Gasteiger partial charge on any atom is 0.364 e. The van der Waals surface area contributed by atoms with Crippen LogP contribution in [0.2, 0.25) is 0 Å². The van der Waals surface area contributed by atoms with E-state index in [1.54, 1.807) is 14.0 Å². The zero-order valence-electron chi connectivity index (χ0n) is 18.8. The van der Waals surface area contributed by atoms with Crippen molar-refractivity contribution in [3.63, 3.8) is 0 Å². The largest absolute Gasteiger partial charge is 0.497 e. The highest BCUT2D eigenvalue weighted by Crippen LogP contribution is 2.33. The molecule has 1 heterocycles. The van der Waals surface area contributed by atoms with Gasteiger partial charge in [-0.2, -0.15) is 0 Å². The van der Waals surface area contributed by atoms with Crippen LogP contribution in [0.1, 0.15) is 60.1 Å². The third kappa shape index (κ3) is 5.39. The second-order valence-electron chi connectivity index (χ2n) is 7.95. The number of hydrogen-bond acceptors (Lipinski definition) is 7. The lowest BCUT2D eigenvalue weighted by Crippen LogP contribution is -2.12. The highest BCUT2D eigenvalue weighted by Gasteiger charge is 2.24. The molecular weight excluding hydrogens is 422 g/mol. The first kappa shape index (κ1) is 22.5. The smallest absolute Gasteiger partial charge is 0.364 e. The Hall–Kier alpha value is -3.68. The maximum absolute atomic E-state index is 12.4. The number of ketones is 1. The average Bonchev–Trinajstić information content (AvgIpc) is 3.23. The first-order valence-corrected chi connectivity index (χ1v) is 11.1. The number of Topliss-reactive ketones (excluding diaryl/α,β-unsaturated/α-hetero) is 1. The molecule has 0 N–H and O–H groups in total. The summed E-state index contributed by atoms with van der Waals surface area (Å²) in [5.74, 6) is 1.68. The number of esters is 1. The van der Waals surface area contributed by atoms with E-state index < -0.39 is 5.97 Å². The normalized spacial score (nSPS) is 14.2. The molecule has 1 aliphatic rings. The second-order valence-corrected chi connectivity index (χ2v) is 7.95. The van der Waals surface area contributed by atoms with Crippen LogP contribution < -0.4 is 9.47 Å². The van der Waals surface area contributed by atoms with Crippen LogP contribution in [0.15, 0.2) is 48.5 Å². The fourth-order valence-electron chi connectivity index (χ4n) is 3.93. The van der Waals surface area contributed by atoms with E-state index in [0.717, 1.165) is 24.2 Å². The first-order chi connectivity index (χ1) is 16.1. The number of carbonyl (C=O) groups is 2. The standard InChI is InChI=1S/C25H27N3O5/c1-3-32-25(30)23-24(28(27-26-23)16-17-4-12-21(31-2)13-5-17)33-22-14-8-19(9-15-22)18-6-10-20(29)11-7-18/h4-5,8-9,12-15,18H,3,6-7,10-11,16H2,1-2H3. The highest BCUT2D eigenvalue weighted by molar-refractivity contribution is 5.89. The molecule has 172 valence electrons. The summed E-state index contributed by atoms with van der Waals surface area (Å²) in [6.45, 7) is 2.32. The molecule has 3 aromatic rings. The van der Waals surface area contributed by atoms with Gasteiger partial charge in [0.05, 0.1) is 20.3 Å². The molecule has 0 radical (unpaired) electrons. The quantitative estimate of drug-likeness (QED) is 0.467. The molecule has 33 heavy (non-hydrogen) atoms. The van der Waals surface area contributed by atoms with E-state index in [1.165, 1.54) is 10.2 Å². The minimum absolute atomic E-state index is 0.0280. The van der Waals surface area contributed by atoms with Crippen molar-refractivity contribution in [3.05, 3.63) is 65.4 Å². The van der Waals surface area contributed by atoms with E-state index in [2.05, 4.69) is 10.3 Å². The van der Waals surface area contributed by atoms with E-state index in [0.29, 0.717) is 36.8 Å². The van der Waals surface area contributed by atoms with Gasteiger partial charge in [0.25, 0.3) is 5.88 Å². The van der Waals surface area contributed by atoms with Crippen LogP contribution in [-0.4, -0.2) is 40.5 Å². The molecule has 1 aromatic heterocycles. The van der Waals surface area contributed by atoms with Gasteiger partial charge in [-0.05, 0) is 61.1 Å². The number of benzene rings is 2. The Labute approximate surface area is 192 Å². The zero-order chi connectivity index (χ0) is 23.2. The van der Waals surface area contributed by atoms with E-state index >= 15 is 0 Å². The van der Waals surface area contributed by atoms with Gasteiger partial charge < -0.3 is 14.2 Å². The maximum atomic E-state index is 12.4. The summed E-state index contributed by atoms with van der Waals surface area (Å²) in [5.41, 5.74) is 2.16. The van der Waals surface area contributed by atoms with Gasteiger partial charge in [-0.3, -0.25) is 4.79 Å². The predicted octanol–water partition coefficient (Wildman–Crippen LogP) is 4.53. The van der Waals surface area contributed by atoms with Gasteiger partial charge in [-0.15, -0.1) is 5.10 Å². The molecule has 1 fully saturated rings. The van der Waals surface area contributed by atoms with Crippen LogP contribution in [0.5, 0.6) is 17.4 Å². The van der Waals surface area contributed by atoms with Gasteiger partial charge in [-0.25, -0.2) is 9.48 Å². The molecule has 0 unspecified atom stereocenters. The molecular formula is C25H27N3O5. The molecule has 4 rings (SSSR count). The third-order valence-electron chi connectivity index (χ3n) is 5.76. The van der Waals surface area contributed by atoms with Crippen LogP contribution in [-0.2, 0) is 16.1 Å². The van der Waals surface area contributed by atoms with Crippen molar-refractivity contribution in [1.82, 2.24) is 15.0 Å². The molecule has 1 saturated carbocycles. The Balaban J connectivity index is 1.56. The molecule has 0 saturated heterocycles. The van der Waals surface area contributed by atoms with E-state index in [-0.39, 0.29) is 18.2 Å². The van der Waals surface area contributed by atoms with Crippen molar-refractivity contribution in [3.8, 4) is 17.4 Å². The Bertz CT molecular complexity index is 1100. The van der Waals surface area contributed by atoms with E-state index in [1.807, 2.05) is 48.5 Å². The van der Waals surface area contributed by atoms with Gasteiger partial charge in [0.1, 0.15) is 17.3 Å². The zero-order valence-corrected chi connectivity index (χ0v) is 18.8. The molecule has 0 spiro atoms. The van der Waals surface area contributed by atoms with Crippen LogP contribution in [0, 0.1) is 0 Å². The van der Waals surface area contributed by atoms with E-state index in [9.17, 15) is 9.59 Å². The van der Waals surface area contributed by atoms with Crippen molar-refractivity contribution in [2.45, 2.75) is 45.1 Å². The molecule has 0 bridgehead atoms. The van der Waals surface area contributed by atoms with Crippen molar-refractivity contribution in [2.24, 2.45) is 0 Å². The van der Waals surface area contributed by atoms with Crippen LogP contribution in [0.4, 0.5) is 0 Å². The lowest BCUT2D eigenvalue weighted by atomic mass is 9.83. The molecule has 0 amide bonds. The first-order valence-electron chi connectivity index (χ1n) is 11.1. The highest BCUT2D eigenvalue weighted by atomic mass is 16.5. The van der Waals surface area contributed by atoms with Crippen LogP contribution in [0.25, 0.3) is 0 Å². The minimum Gasteiger partial charge on any atom is -0.497 e. The lowest BCUT2D eigenvalue weighted by molar-refractivity contribution is -0.120. The predicted molar refractivity (Wildman–Crippen MR) is 121 cm³/mol. The summed E-state index contributed by atoms with van der Waals surface area (Å²) in [4.78, 5) is 24.0. The van der Waals surface area contributed by atoms with Crippen LogP contribution in [0.3, 0.4) is 0 Å². The Kier molecular flexibility index (Phi) is 7.02. The number of methoxy groups -OCH3 is 1. The van der Waals surface area contributed by atoms with Crippen molar-refractivity contribution in [2.75, 3.05) is 13.7 Å². The average molecular weight is 450 g/mol. The molecule has 8 nitrogen and oxygen atoms in total. The number of rotatable bonds is 8.